The quantitative estimate of drug-likeness (QED) is 0.709. The molecule has 31 heavy (non-hydrogen) atoms. The number of amides is 3. The first-order valence-electron chi connectivity index (χ1n) is 10.7. The molecule has 0 saturated carbocycles. The van der Waals surface area contributed by atoms with Crippen molar-refractivity contribution in [3.8, 4) is 0 Å². The monoisotopic (exact) mass is 433 g/mol. The van der Waals surface area contributed by atoms with Gasteiger partial charge in [-0.25, -0.2) is 4.79 Å². The van der Waals surface area contributed by atoms with Crippen LogP contribution in [0.2, 0.25) is 0 Å². The number of ether oxygens (including phenoxy) is 1. The molecular weight excluding hydrogens is 394 g/mol. The number of nitrogens with zero attached hydrogens (tertiary/aromatic N) is 1. The first-order chi connectivity index (χ1) is 14.0. The minimum Gasteiger partial charge on any atom is -0.444 e. The van der Waals surface area contributed by atoms with Crippen LogP contribution in [0.25, 0.3) is 0 Å². The summed E-state index contributed by atoms with van der Waals surface area (Å²) in [5, 5.41) is 5.52. The molecule has 1 aromatic rings. The smallest absolute Gasteiger partial charge is 0.408 e. The normalized spacial score (nSPS) is 12.9. The Bertz CT molecular complexity index is 804. The van der Waals surface area contributed by atoms with Crippen molar-refractivity contribution < 1.29 is 19.1 Å². The lowest BCUT2D eigenvalue weighted by atomic mass is 9.95. The Labute approximate surface area is 186 Å². The van der Waals surface area contributed by atoms with Crippen LogP contribution < -0.4 is 10.6 Å². The minimum absolute atomic E-state index is 0.263. The summed E-state index contributed by atoms with van der Waals surface area (Å²) < 4.78 is 5.22. The molecule has 0 aromatic heterocycles. The van der Waals surface area contributed by atoms with Gasteiger partial charge in [-0.3, -0.25) is 9.59 Å². The molecule has 0 aliphatic carbocycles. The van der Waals surface area contributed by atoms with Crippen molar-refractivity contribution in [2.45, 2.75) is 92.5 Å². The van der Waals surface area contributed by atoms with Gasteiger partial charge in [-0.05, 0) is 80.4 Å². The van der Waals surface area contributed by atoms with Gasteiger partial charge in [0.2, 0.25) is 11.8 Å². The van der Waals surface area contributed by atoms with Crippen LogP contribution in [-0.4, -0.2) is 46.5 Å². The van der Waals surface area contributed by atoms with Crippen LogP contribution >= 0.6 is 0 Å². The maximum atomic E-state index is 13.4. The van der Waals surface area contributed by atoms with Crippen molar-refractivity contribution in [2.75, 3.05) is 6.54 Å². The minimum atomic E-state index is -0.827. The zero-order chi connectivity index (χ0) is 24.1. The Morgan fingerprint density at radius 3 is 2.10 bits per heavy atom. The number of carbonyl (C=O) groups excluding carboxylic acids is 3. The first kappa shape index (κ1) is 26.5. The summed E-state index contributed by atoms with van der Waals surface area (Å²) in [5.41, 5.74) is 1.54. The molecule has 0 heterocycles. The highest BCUT2D eigenvalue weighted by Crippen LogP contribution is 2.28. The highest BCUT2D eigenvalue weighted by atomic mass is 16.6. The molecule has 0 aliphatic rings. The van der Waals surface area contributed by atoms with Gasteiger partial charge in [-0.15, -0.1) is 0 Å². The molecule has 0 aliphatic heterocycles. The van der Waals surface area contributed by atoms with E-state index in [2.05, 4.69) is 10.6 Å². The molecule has 3 amide bonds. The van der Waals surface area contributed by atoms with Crippen LogP contribution in [0.15, 0.2) is 18.2 Å². The fraction of sp³-hybridized carbons (Fsp3) is 0.625. The molecule has 174 valence electrons. The number of alkyl carbamates (subject to hydrolysis) is 1. The SMILES string of the molecule is Cc1ccc(C)c(C(C(=O)NC(C)(C)C)N(C(=O)CNC(=O)OC(C)(C)C)C(C)C)c1. The molecular formula is C24H39N3O4. The maximum absolute atomic E-state index is 13.4. The highest BCUT2D eigenvalue weighted by molar-refractivity contribution is 5.91. The first-order valence-corrected chi connectivity index (χ1v) is 10.7. The number of nitrogens with one attached hydrogen (secondary N) is 2. The van der Waals surface area contributed by atoms with Gasteiger partial charge in [0.25, 0.3) is 0 Å². The van der Waals surface area contributed by atoms with Gasteiger partial charge in [-0.2, -0.15) is 0 Å². The Morgan fingerprint density at radius 2 is 1.61 bits per heavy atom. The molecule has 1 unspecified atom stereocenters. The van der Waals surface area contributed by atoms with Crippen molar-refractivity contribution in [1.29, 1.82) is 0 Å². The van der Waals surface area contributed by atoms with Crippen LogP contribution in [-0.2, 0) is 14.3 Å². The second-order valence-electron chi connectivity index (χ2n) is 10.3. The number of benzene rings is 1. The van der Waals surface area contributed by atoms with Gasteiger partial charge in [0.15, 0.2) is 0 Å². The molecule has 0 spiro atoms. The molecule has 2 N–H and O–H groups in total. The van der Waals surface area contributed by atoms with Crippen molar-refractivity contribution in [3.05, 3.63) is 34.9 Å². The third-order valence-corrected chi connectivity index (χ3v) is 4.38. The molecule has 1 rings (SSSR count). The predicted molar refractivity (Wildman–Crippen MR) is 123 cm³/mol. The summed E-state index contributed by atoms with van der Waals surface area (Å²) in [6.45, 7) is 18.3. The lowest BCUT2D eigenvalue weighted by molar-refractivity contribution is -0.142. The molecule has 0 bridgehead atoms. The van der Waals surface area contributed by atoms with E-state index in [0.29, 0.717) is 0 Å². The summed E-state index contributed by atoms with van der Waals surface area (Å²) in [7, 11) is 0. The van der Waals surface area contributed by atoms with Crippen LogP contribution in [0.4, 0.5) is 4.79 Å². The van der Waals surface area contributed by atoms with Crippen molar-refractivity contribution in [3.63, 3.8) is 0 Å². The van der Waals surface area contributed by atoms with Gasteiger partial charge in [0, 0.05) is 11.6 Å². The number of hydrogen-bond donors (Lipinski definition) is 2. The fourth-order valence-electron chi connectivity index (χ4n) is 3.19. The molecule has 1 atom stereocenters. The number of hydrogen-bond acceptors (Lipinski definition) is 4. The second kappa shape index (κ2) is 10.2. The van der Waals surface area contributed by atoms with E-state index in [4.69, 9.17) is 4.74 Å². The van der Waals surface area contributed by atoms with E-state index in [0.717, 1.165) is 16.7 Å². The predicted octanol–water partition coefficient (Wildman–Crippen LogP) is 4.02. The summed E-state index contributed by atoms with van der Waals surface area (Å²) in [6, 6.07) is 4.76. The van der Waals surface area contributed by atoms with Crippen LogP contribution in [0.5, 0.6) is 0 Å². The summed E-state index contributed by atoms with van der Waals surface area (Å²) in [5.74, 6) is -0.628. The highest BCUT2D eigenvalue weighted by Gasteiger charge is 2.35. The average molecular weight is 434 g/mol. The Kier molecular flexibility index (Phi) is 8.67. The molecule has 0 fully saturated rings. The summed E-state index contributed by atoms with van der Waals surface area (Å²) >= 11 is 0. The zero-order valence-corrected chi connectivity index (χ0v) is 20.7. The third kappa shape index (κ3) is 8.59. The van der Waals surface area contributed by atoms with E-state index in [9.17, 15) is 14.4 Å². The van der Waals surface area contributed by atoms with Crippen LogP contribution in [0.1, 0.15) is 78.1 Å². The average Bonchev–Trinajstić information content (AvgIpc) is 2.56. The van der Waals surface area contributed by atoms with Crippen molar-refractivity contribution >= 4 is 17.9 Å². The van der Waals surface area contributed by atoms with Crippen LogP contribution in [0.3, 0.4) is 0 Å². The standard InChI is InChI=1S/C24H39N3O4/c1-15(2)27(19(28)14-25-22(30)31-24(8,9)10)20(21(29)26-23(5,6)7)18-13-16(3)11-12-17(18)4/h11-13,15,20H,14H2,1-10H3,(H,25,30)(H,26,29). The number of aryl methyl sites for hydroxylation is 2. The molecule has 7 nitrogen and oxygen atoms in total. The molecule has 7 heteroatoms. The Hall–Kier alpha value is -2.57. The van der Waals surface area contributed by atoms with Crippen molar-refractivity contribution in [2.24, 2.45) is 0 Å². The van der Waals surface area contributed by atoms with Gasteiger partial charge >= 0.3 is 6.09 Å². The molecule has 0 radical (unpaired) electrons. The van der Waals surface area contributed by atoms with E-state index in [1.54, 1.807) is 20.8 Å². The zero-order valence-electron chi connectivity index (χ0n) is 20.7. The summed E-state index contributed by atoms with van der Waals surface area (Å²) in [4.78, 5) is 40.2. The van der Waals surface area contributed by atoms with E-state index < -0.39 is 23.3 Å². The topological polar surface area (TPSA) is 87.7 Å². The van der Waals surface area contributed by atoms with Gasteiger partial charge < -0.3 is 20.3 Å². The Morgan fingerprint density at radius 1 is 1.03 bits per heavy atom. The lowest BCUT2D eigenvalue weighted by Gasteiger charge is -2.37. The second-order valence-corrected chi connectivity index (χ2v) is 10.3. The Balaban J connectivity index is 3.30. The largest absolute Gasteiger partial charge is 0.444 e. The van der Waals surface area contributed by atoms with Gasteiger partial charge in [0.1, 0.15) is 18.2 Å². The fourth-order valence-corrected chi connectivity index (χ4v) is 3.19. The van der Waals surface area contributed by atoms with Gasteiger partial charge in [0.05, 0.1) is 0 Å². The third-order valence-electron chi connectivity index (χ3n) is 4.38. The van der Waals surface area contributed by atoms with Crippen LogP contribution in [0, 0.1) is 13.8 Å². The molecule has 0 saturated heterocycles. The number of carbonyl (C=O) groups is 3. The van der Waals surface area contributed by atoms with E-state index in [1.807, 2.05) is 66.7 Å². The van der Waals surface area contributed by atoms with Gasteiger partial charge in [-0.1, -0.05) is 23.8 Å². The van der Waals surface area contributed by atoms with E-state index >= 15 is 0 Å². The van der Waals surface area contributed by atoms with Crippen molar-refractivity contribution in [1.82, 2.24) is 15.5 Å². The number of rotatable bonds is 6. The maximum Gasteiger partial charge on any atom is 0.408 e. The van der Waals surface area contributed by atoms with E-state index in [-0.39, 0.29) is 24.4 Å². The van der Waals surface area contributed by atoms with E-state index in [1.165, 1.54) is 4.90 Å². The molecule has 1 aromatic carbocycles. The lowest BCUT2D eigenvalue weighted by Crippen LogP contribution is -2.53. The summed E-state index contributed by atoms with van der Waals surface area (Å²) in [6.07, 6.45) is -0.674.